The van der Waals surface area contributed by atoms with Crippen LogP contribution in [0.5, 0.6) is 0 Å². The van der Waals surface area contributed by atoms with Crippen molar-refractivity contribution in [1.82, 2.24) is 9.62 Å². The third kappa shape index (κ3) is 5.68. The molecule has 30 heavy (non-hydrogen) atoms. The van der Waals surface area contributed by atoms with Crippen LogP contribution in [0.2, 0.25) is 0 Å². The number of nitrogens with one attached hydrogen (secondary N) is 1. The molecule has 0 radical (unpaired) electrons. The largest absolute Gasteiger partial charge is 0.491 e. The maximum atomic E-state index is 13.9. The molecule has 1 aliphatic rings. The number of esters is 2. The summed E-state index contributed by atoms with van der Waals surface area (Å²) in [5.74, 6) is -7.24. The van der Waals surface area contributed by atoms with Gasteiger partial charge in [0.1, 0.15) is 22.6 Å². The molecule has 1 heterocycles. The van der Waals surface area contributed by atoms with Gasteiger partial charge in [0.2, 0.25) is 10.0 Å². The van der Waals surface area contributed by atoms with E-state index in [1.165, 1.54) is 0 Å². The lowest BCUT2D eigenvalue weighted by atomic mass is 9.88. The molecule has 0 spiro atoms. The van der Waals surface area contributed by atoms with E-state index in [9.17, 15) is 40.0 Å². The van der Waals surface area contributed by atoms with Crippen molar-refractivity contribution in [2.24, 2.45) is 0 Å². The molecule has 0 amide bonds. The zero-order valence-corrected chi connectivity index (χ0v) is 17.1. The molecular formula is C16H17F5N2O5S2. The predicted octanol–water partition coefficient (Wildman–Crippen LogP) is 1.64. The second kappa shape index (κ2) is 8.77. The van der Waals surface area contributed by atoms with E-state index in [2.05, 4.69) is 17.4 Å². The highest BCUT2D eigenvalue weighted by Gasteiger charge is 2.49. The maximum absolute atomic E-state index is 13.9. The van der Waals surface area contributed by atoms with Crippen LogP contribution in [0.25, 0.3) is 0 Å². The monoisotopic (exact) mass is 476 g/mol. The van der Waals surface area contributed by atoms with Crippen LogP contribution in [0.4, 0.5) is 22.0 Å². The number of sulfonamides is 1. The number of carbonyl (C=O) groups is 2. The average Bonchev–Trinajstić information content (AvgIpc) is 2.61. The molecule has 2 rings (SSSR count). The SMILES string of the molecule is CN1CCC(S)([C@@H](NS(=O)(=O)c2ccc(F)cc2F)C(=O)OC(=O)C(F)(F)F)CC1. The van der Waals surface area contributed by atoms with Crippen LogP contribution >= 0.6 is 12.6 Å². The Balaban J connectivity index is 2.40. The fourth-order valence-electron chi connectivity index (χ4n) is 2.79. The van der Waals surface area contributed by atoms with Gasteiger partial charge in [0, 0.05) is 10.8 Å². The number of rotatable bonds is 5. The van der Waals surface area contributed by atoms with Crippen molar-refractivity contribution in [2.45, 2.75) is 34.7 Å². The van der Waals surface area contributed by atoms with Crippen molar-refractivity contribution in [3.05, 3.63) is 29.8 Å². The Kier molecular flexibility index (Phi) is 7.16. The number of halogens is 5. The van der Waals surface area contributed by atoms with Crippen molar-refractivity contribution in [3.8, 4) is 0 Å². The van der Waals surface area contributed by atoms with Gasteiger partial charge >= 0.3 is 18.1 Å². The summed E-state index contributed by atoms with van der Waals surface area (Å²) < 4.78 is 93.7. The minimum atomic E-state index is -5.50. The molecule has 1 N–H and O–H groups in total. The molecule has 0 aromatic heterocycles. The maximum Gasteiger partial charge on any atom is 0.491 e. The highest BCUT2D eigenvalue weighted by Crippen LogP contribution is 2.34. The fraction of sp³-hybridized carbons (Fsp3) is 0.500. The Morgan fingerprint density at radius 1 is 1.23 bits per heavy atom. The van der Waals surface area contributed by atoms with Crippen LogP contribution in [0.1, 0.15) is 12.8 Å². The number of benzene rings is 1. The van der Waals surface area contributed by atoms with Gasteiger partial charge in [-0.15, -0.1) is 0 Å². The third-order valence-corrected chi connectivity index (χ3v) is 6.67. The predicted molar refractivity (Wildman–Crippen MR) is 96.1 cm³/mol. The minimum Gasteiger partial charge on any atom is -0.385 e. The number of piperidine rings is 1. The summed E-state index contributed by atoms with van der Waals surface area (Å²) in [4.78, 5) is 24.2. The molecule has 1 fully saturated rings. The Morgan fingerprint density at radius 3 is 2.30 bits per heavy atom. The summed E-state index contributed by atoms with van der Waals surface area (Å²) in [5, 5.41) is 0. The zero-order chi connectivity index (χ0) is 22.9. The fourth-order valence-corrected chi connectivity index (χ4v) is 4.57. The van der Waals surface area contributed by atoms with Crippen LogP contribution in [-0.2, 0) is 24.3 Å². The highest BCUT2D eigenvalue weighted by molar-refractivity contribution is 7.89. The number of thiol groups is 1. The third-order valence-electron chi connectivity index (χ3n) is 4.51. The first kappa shape index (κ1) is 24.5. The van der Waals surface area contributed by atoms with Gasteiger partial charge in [-0.2, -0.15) is 30.5 Å². The Morgan fingerprint density at radius 2 is 1.80 bits per heavy atom. The molecule has 1 aromatic rings. The molecule has 1 aromatic carbocycles. The lowest BCUT2D eigenvalue weighted by Crippen LogP contribution is -2.58. The number of hydrogen-bond acceptors (Lipinski definition) is 7. The highest BCUT2D eigenvalue weighted by atomic mass is 32.2. The van der Waals surface area contributed by atoms with Gasteiger partial charge in [0.05, 0.1) is 0 Å². The Labute approximate surface area is 174 Å². The van der Waals surface area contributed by atoms with Gasteiger partial charge in [-0.05, 0) is 45.1 Å². The van der Waals surface area contributed by atoms with E-state index in [-0.39, 0.29) is 18.9 Å². The lowest BCUT2D eigenvalue weighted by Gasteiger charge is -2.41. The smallest absolute Gasteiger partial charge is 0.385 e. The molecule has 168 valence electrons. The van der Waals surface area contributed by atoms with Gasteiger partial charge in [0.15, 0.2) is 0 Å². The van der Waals surface area contributed by atoms with E-state index in [1.54, 1.807) is 16.7 Å². The number of hydrogen-bond donors (Lipinski definition) is 2. The summed E-state index contributed by atoms with van der Waals surface area (Å²) in [7, 11) is -3.16. The molecular weight excluding hydrogens is 459 g/mol. The lowest BCUT2D eigenvalue weighted by molar-refractivity contribution is -0.202. The molecule has 0 bridgehead atoms. The topological polar surface area (TPSA) is 92.8 Å². The second-order valence-electron chi connectivity index (χ2n) is 6.74. The van der Waals surface area contributed by atoms with Crippen molar-refractivity contribution in [2.75, 3.05) is 20.1 Å². The molecule has 0 unspecified atom stereocenters. The van der Waals surface area contributed by atoms with Crippen LogP contribution in [0.3, 0.4) is 0 Å². The van der Waals surface area contributed by atoms with E-state index < -0.39 is 55.5 Å². The second-order valence-corrected chi connectivity index (χ2v) is 9.32. The van der Waals surface area contributed by atoms with Crippen molar-refractivity contribution in [3.63, 3.8) is 0 Å². The van der Waals surface area contributed by atoms with E-state index in [0.717, 1.165) is 0 Å². The quantitative estimate of drug-likeness (QED) is 0.291. The van der Waals surface area contributed by atoms with E-state index in [1.807, 2.05) is 0 Å². The first-order valence-electron chi connectivity index (χ1n) is 8.37. The molecule has 7 nitrogen and oxygen atoms in total. The standard InChI is InChI=1S/C16H17F5N2O5S2/c1-23-6-4-15(29,5-7-23)12(13(24)28-14(25)16(19,20)21)22-30(26,27)11-3-2-9(17)8-10(11)18/h2-3,8,12,22,29H,4-7H2,1H3/t12-/m0/s1. The summed E-state index contributed by atoms with van der Waals surface area (Å²) in [6.45, 7) is 0.597. The van der Waals surface area contributed by atoms with Crippen molar-refractivity contribution < 1.29 is 44.7 Å². The number of carbonyl (C=O) groups excluding carboxylic acids is 2. The Bertz CT molecular complexity index is 930. The van der Waals surface area contributed by atoms with Crippen molar-refractivity contribution >= 4 is 34.6 Å². The van der Waals surface area contributed by atoms with Crippen LogP contribution in [-0.4, -0.2) is 62.4 Å². The van der Waals surface area contributed by atoms with E-state index in [4.69, 9.17) is 0 Å². The molecule has 14 heteroatoms. The van der Waals surface area contributed by atoms with Crippen molar-refractivity contribution in [1.29, 1.82) is 0 Å². The molecule has 1 aliphatic heterocycles. The number of nitrogens with zero attached hydrogens (tertiary/aromatic N) is 1. The summed E-state index contributed by atoms with van der Waals surface area (Å²) in [5.41, 5.74) is 0. The molecule has 0 aliphatic carbocycles. The molecule has 0 saturated carbocycles. The number of likely N-dealkylation sites (tertiary alicyclic amines) is 1. The number of alkyl halides is 3. The normalized spacial score (nSPS) is 18.6. The van der Waals surface area contributed by atoms with Gasteiger partial charge in [-0.3, -0.25) is 0 Å². The summed E-state index contributed by atoms with van der Waals surface area (Å²) >= 11 is 4.29. The van der Waals surface area contributed by atoms with Gasteiger partial charge in [-0.1, -0.05) is 0 Å². The number of ether oxygens (including phenoxy) is 1. The van der Waals surface area contributed by atoms with E-state index >= 15 is 0 Å². The first-order valence-corrected chi connectivity index (χ1v) is 10.3. The molecule has 1 saturated heterocycles. The van der Waals surface area contributed by atoms with Crippen LogP contribution in [0.15, 0.2) is 23.1 Å². The Hall–Kier alpha value is -1.77. The van der Waals surface area contributed by atoms with Crippen LogP contribution in [0, 0.1) is 11.6 Å². The first-order chi connectivity index (χ1) is 13.7. The molecule has 1 atom stereocenters. The summed E-state index contributed by atoms with van der Waals surface area (Å²) in [6, 6.07) is -0.559. The van der Waals surface area contributed by atoms with Gasteiger partial charge < -0.3 is 9.64 Å². The van der Waals surface area contributed by atoms with E-state index in [0.29, 0.717) is 25.2 Å². The van der Waals surface area contributed by atoms with Crippen LogP contribution < -0.4 is 4.72 Å². The van der Waals surface area contributed by atoms with Gasteiger partial charge in [0.25, 0.3) is 0 Å². The summed E-state index contributed by atoms with van der Waals surface area (Å²) in [6.07, 6.45) is -5.44. The zero-order valence-electron chi connectivity index (χ0n) is 15.4. The average molecular weight is 476 g/mol. The minimum absolute atomic E-state index is 0.0288. The van der Waals surface area contributed by atoms with Gasteiger partial charge in [-0.25, -0.2) is 26.8 Å².